The first kappa shape index (κ1) is 21.7. The van der Waals surface area contributed by atoms with Crippen LogP contribution in [0.5, 0.6) is 0 Å². The first-order valence-corrected chi connectivity index (χ1v) is 11.3. The number of benzene rings is 4. The summed E-state index contributed by atoms with van der Waals surface area (Å²) in [5.74, 6) is 0. The third-order valence-electron chi connectivity index (χ3n) is 5.38. The van der Waals surface area contributed by atoms with E-state index in [1.807, 2.05) is 36.4 Å². The van der Waals surface area contributed by atoms with Crippen LogP contribution in [0, 0.1) is 0 Å². The van der Waals surface area contributed by atoms with Crippen LogP contribution in [0.1, 0.15) is 24.5 Å². The third-order valence-corrected chi connectivity index (χ3v) is 5.38. The maximum Gasteiger partial charge on any atom is 0.0384 e. The van der Waals surface area contributed by atoms with Gasteiger partial charge >= 0.3 is 0 Å². The Morgan fingerprint density at radius 1 is 0.500 bits per heavy atom. The van der Waals surface area contributed by atoms with Gasteiger partial charge in [0.25, 0.3) is 0 Å². The minimum absolute atomic E-state index is 0.948. The molecule has 3 nitrogen and oxygen atoms in total. The lowest BCUT2D eigenvalue weighted by Crippen LogP contribution is -2.23. The third kappa shape index (κ3) is 6.47. The normalized spacial score (nSPS) is 10.8. The van der Waals surface area contributed by atoms with E-state index in [0.29, 0.717) is 0 Å². The number of anilines is 4. The van der Waals surface area contributed by atoms with Crippen molar-refractivity contribution in [2.45, 2.75) is 26.4 Å². The van der Waals surface area contributed by atoms with Gasteiger partial charge < -0.3 is 10.6 Å². The second-order valence-corrected chi connectivity index (χ2v) is 8.09. The van der Waals surface area contributed by atoms with Crippen LogP contribution in [0.3, 0.4) is 0 Å². The summed E-state index contributed by atoms with van der Waals surface area (Å²) in [5.41, 5.74) is 7.11. The molecule has 0 atom stereocenters. The molecule has 162 valence electrons. The predicted octanol–water partition coefficient (Wildman–Crippen LogP) is 7.59. The van der Waals surface area contributed by atoms with E-state index >= 15 is 0 Å². The summed E-state index contributed by atoms with van der Waals surface area (Å²) in [6, 6.07) is 38.1. The van der Waals surface area contributed by atoms with Gasteiger partial charge in [-0.1, -0.05) is 67.6 Å². The van der Waals surface area contributed by atoms with Crippen molar-refractivity contribution in [2.24, 2.45) is 0 Å². The Kier molecular flexibility index (Phi) is 7.56. The number of rotatable bonds is 10. The standard InChI is InChI=1S/C29H31N3/c1-2-21-32(22-24-13-17-28(18-14-24)30-26-9-5-3-6-10-26)23-25-15-19-29(20-16-25)31-27-11-7-4-8-12-27/h3-20,30-31H,2,21-23H2,1H3. The van der Waals surface area contributed by atoms with Gasteiger partial charge in [0.15, 0.2) is 0 Å². The molecule has 32 heavy (non-hydrogen) atoms. The van der Waals surface area contributed by atoms with Crippen LogP contribution >= 0.6 is 0 Å². The Morgan fingerprint density at radius 2 is 0.875 bits per heavy atom. The van der Waals surface area contributed by atoms with E-state index in [-0.39, 0.29) is 0 Å². The van der Waals surface area contributed by atoms with Crippen LogP contribution in [0.15, 0.2) is 109 Å². The minimum Gasteiger partial charge on any atom is -0.356 e. The topological polar surface area (TPSA) is 27.3 Å². The molecule has 0 saturated carbocycles. The average molecular weight is 422 g/mol. The highest BCUT2D eigenvalue weighted by atomic mass is 15.1. The summed E-state index contributed by atoms with van der Waals surface area (Å²) in [6.45, 7) is 5.22. The lowest BCUT2D eigenvalue weighted by Gasteiger charge is -2.22. The van der Waals surface area contributed by atoms with Crippen molar-refractivity contribution in [1.82, 2.24) is 4.90 Å². The van der Waals surface area contributed by atoms with Crippen LogP contribution in [0.2, 0.25) is 0 Å². The highest BCUT2D eigenvalue weighted by Crippen LogP contribution is 2.20. The van der Waals surface area contributed by atoms with Crippen LogP contribution in [0.25, 0.3) is 0 Å². The molecule has 4 aromatic carbocycles. The summed E-state index contributed by atoms with van der Waals surface area (Å²) >= 11 is 0. The van der Waals surface area contributed by atoms with Crippen molar-refractivity contribution in [3.05, 3.63) is 120 Å². The van der Waals surface area contributed by atoms with Crippen LogP contribution in [-0.2, 0) is 13.1 Å². The van der Waals surface area contributed by atoms with Gasteiger partial charge in [0.2, 0.25) is 0 Å². The number of nitrogens with one attached hydrogen (secondary N) is 2. The minimum atomic E-state index is 0.948. The van der Waals surface area contributed by atoms with Gasteiger partial charge in [-0.15, -0.1) is 0 Å². The molecule has 0 aliphatic heterocycles. The van der Waals surface area contributed by atoms with Crippen LogP contribution in [-0.4, -0.2) is 11.4 Å². The lowest BCUT2D eigenvalue weighted by atomic mass is 10.1. The van der Waals surface area contributed by atoms with Gasteiger partial charge in [-0.05, 0) is 72.6 Å². The number of nitrogens with zero attached hydrogens (tertiary/aromatic N) is 1. The van der Waals surface area contributed by atoms with Crippen molar-refractivity contribution >= 4 is 22.7 Å². The average Bonchev–Trinajstić information content (AvgIpc) is 2.83. The Bertz CT molecular complexity index is 972. The van der Waals surface area contributed by atoms with Gasteiger partial charge in [0.1, 0.15) is 0 Å². The van der Waals surface area contributed by atoms with E-state index in [2.05, 4.69) is 95.3 Å². The molecule has 0 aliphatic rings. The smallest absolute Gasteiger partial charge is 0.0384 e. The van der Waals surface area contributed by atoms with Crippen molar-refractivity contribution < 1.29 is 0 Å². The first-order valence-electron chi connectivity index (χ1n) is 11.3. The molecule has 0 radical (unpaired) electrons. The largest absolute Gasteiger partial charge is 0.356 e. The zero-order valence-corrected chi connectivity index (χ0v) is 18.7. The van der Waals surface area contributed by atoms with E-state index in [1.54, 1.807) is 0 Å². The Labute approximate surface area is 191 Å². The number of para-hydroxylation sites is 2. The van der Waals surface area contributed by atoms with Crippen LogP contribution in [0.4, 0.5) is 22.7 Å². The second kappa shape index (κ2) is 11.2. The molecule has 0 unspecified atom stereocenters. The molecule has 0 spiro atoms. The van der Waals surface area contributed by atoms with E-state index in [4.69, 9.17) is 0 Å². The zero-order valence-electron chi connectivity index (χ0n) is 18.7. The van der Waals surface area contributed by atoms with Gasteiger partial charge in [-0.2, -0.15) is 0 Å². The summed E-state index contributed by atoms with van der Waals surface area (Å²) in [6.07, 6.45) is 1.14. The maximum atomic E-state index is 3.45. The Morgan fingerprint density at radius 3 is 1.25 bits per heavy atom. The quantitative estimate of drug-likeness (QED) is 0.276. The Balaban J connectivity index is 1.35. The highest BCUT2D eigenvalue weighted by molar-refractivity contribution is 5.60. The summed E-state index contributed by atoms with van der Waals surface area (Å²) < 4.78 is 0. The summed E-state index contributed by atoms with van der Waals surface area (Å²) in [4.78, 5) is 2.51. The molecule has 4 rings (SSSR count). The molecule has 4 aromatic rings. The van der Waals surface area contributed by atoms with E-state index in [9.17, 15) is 0 Å². The molecule has 0 heterocycles. The molecular weight excluding hydrogens is 390 g/mol. The molecule has 3 heteroatoms. The first-order chi connectivity index (χ1) is 15.8. The van der Waals surface area contributed by atoms with Gasteiger partial charge in [0.05, 0.1) is 0 Å². The maximum absolute atomic E-state index is 3.45. The summed E-state index contributed by atoms with van der Waals surface area (Å²) in [5, 5.41) is 6.90. The zero-order chi connectivity index (χ0) is 22.0. The highest BCUT2D eigenvalue weighted by Gasteiger charge is 2.07. The molecule has 0 fully saturated rings. The molecule has 2 N–H and O–H groups in total. The van der Waals surface area contributed by atoms with Crippen molar-refractivity contribution in [3.63, 3.8) is 0 Å². The van der Waals surface area contributed by atoms with Crippen LogP contribution < -0.4 is 10.6 Å². The van der Waals surface area contributed by atoms with E-state index in [1.165, 1.54) is 11.1 Å². The fraction of sp³-hybridized carbons (Fsp3) is 0.172. The molecule has 0 bridgehead atoms. The molecule has 0 aliphatic carbocycles. The fourth-order valence-corrected chi connectivity index (χ4v) is 3.81. The SMILES string of the molecule is CCCN(Cc1ccc(Nc2ccccc2)cc1)Cc1ccc(Nc2ccccc2)cc1. The Hall–Kier alpha value is -3.56. The van der Waals surface area contributed by atoms with E-state index in [0.717, 1.165) is 48.8 Å². The van der Waals surface area contributed by atoms with E-state index < -0.39 is 0 Å². The number of hydrogen-bond acceptors (Lipinski definition) is 3. The van der Waals surface area contributed by atoms with Crippen molar-refractivity contribution in [2.75, 3.05) is 17.2 Å². The van der Waals surface area contributed by atoms with Gasteiger partial charge in [-0.3, -0.25) is 4.90 Å². The fourth-order valence-electron chi connectivity index (χ4n) is 3.81. The molecule has 0 amide bonds. The molecule has 0 aromatic heterocycles. The lowest BCUT2D eigenvalue weighted by molar-refractivity contribution is 0.257. The van der Waals surface area contributed by atoms with Crippen molar-refractivity contribution in [3.8, 4) is 0 Å². The second-order valence-electron chi connectivity index (χ2n) is 8.09. The molecular formula is C29H31N3. The predicted molar refractivity (Wildman–Crippen MR) is 137 cm³/mol. The summed E-state index contributed by atoms with van der Waals surface area (Å²) in [7, 11) is 0. The number of hydrogen-bond donors (Lipinski definition) is 2. The molecule has 0 saturated heterocycles. The van der Waals surface area contributed by atoms with Gasteiger partial charge in [-0.25, -0.2) is 0 Å². The monoisotopic (exact) mass is 421 g/mol. The van der Waals surface area contributed by atoms with Gasteiger partial charge in [0, 0.05) is 35.8 Å². The van der Waals surface area contributed by atoms with Crippen molar-refractivity contribution in [1.29, 1.82) is 0 Å².